The van der Waals surface area contributed by atoms with E-state index in [0.717, 1.165) is 33.7 Å². The minimum Gasteiger partial charge on any atom is -0.507 e. The van der Waals surface area contributed by atoms with Gasteiger partial charge < -0.3 is 5.11 Å². The van der Waals surface area contributed by atoms with Crippen molar-refractivity contribution in [3.63, 3.8) is 0 Å². The number of aromatic hydroxyl groups is 1. The largest absolute Gasteiger partial charge is 0.507 e. The van der Waals surface area contributed by atoms with Gasteiger partial charge in [0.15, 0.2) is 0 Å². The Hall–Kier alpha value is -1.02. The number of thioether (sulfide) groups is 1. The number of nitrogens with zero attached hydrogens (tertiary/aromatic N) is 1. The molecule has 1 aromatic carbocycles. The fourth-order valence-electron chi connectivity index (χ4n) is 3.05. The number of rotatable bonds is 3. The van der Waals surface area contributed by atoms with Crippen LogP contribution in [0, 0.1) is 9.49 Å². The molecule has 2 aliphatic rings. The second-order valence-corrected chi connectivity index (χ2v) is 8.16. The molecule has 23 heavy (non-hydrogen) atoms. The fraction of sp³-hybridized carbons (Fsp3) is 0.412. The Morgan fingerprint density at radius 1 is 1.26 bits per heavy atom. The third-order valence-electron chi connectivity index (χ3n) is 4.31. The zero-order valence-electron chi connectivity index (χ0n) is 12.6. The Morgan fingerprint density at radius 3 is 2.70 bits per heavy atom. The number of imide groups is 1. The molecular weight excluding hydrogens is 425 g/mol. The van der Waals surface area contributed by atoms with E-state index >= 15 is 0 Å². The minimum absolute atomic E-state index is 0.166. The topological polar surface area (TPSA) is 57.6 Å². The lowest BCUT2D eigenvalue weighted by Gasteiger charge is -2.25. The normalized spacial score (nSPS) is 21.4. The van der Waals surface area contributed by atoms with Crippen LogP contribution in [0.15, 0.2) is 23.1 Å². The molecule has 2 fully saturated rings. The molecule has 3 rings (SSSR count). The van der Waals surface area contributed by atoms with Gasteiger partial charge in [-0.05, 0) is 76.9 Å². The number of halogens is 1. The number of benzene rings is 1. The van der Waals surface area contributed by atoms with Gasteiger partial charge in [-0.15, -0.1) is 0 Å². The van der Waals surface area contributed by atoms with E-state index in [4.69, 9.17) is 0 Å². The van der Waals surface area contributed by atoms with Crippen molar-refractivity contribution in [1.29, 1.82) is 0 Å². The number of phenols is 1. The van der Waals surface area contributed by atoms with Gasteiger partial charge in [-0.2, -0.15) is 0 Å². The van der Waals surface area contributed by atoms with Crippen molar-refractivity contribution >= 4 is 51.6 Å². The molecule has 1 aliphatic heterocycles. The molecule has 1 heterocycles. The predicted molar refractivity (Wildman–Crippen MR) is 100 cm³/mol. The molecule has 0 unspecified atom stereocenters. The van der Waals surface area contributed by atoms with E-state index in [-0.39, 0.29) is 16.9 Å². The van der Waals surface area contributed by atoms with Gasteiger partial charge in [0.1, 0.15) is 5.75 Å². The monoisotopic (exact) mass is 443 g/mol. The number of carbonyl (C=O) groups is 2. The predicted octanol–water partition coefficient (Wildman–Crippen LogP) is 4.61. The zero-order valence-corrected chi connectivity index (χ0v) is 15.6. The lowest BCUT2D eigenvalue weighted by atomic mass is 9.89. The van der Waals surface area contributed by atoms with E-state index < -0.39 is 0 Å². The molecule has 0 atom stereocenters. The summed E-state index contributed by atoms with van der Waals surface area (Å²) in [5.74, 6) is 0.480. The molecular formula is C17H18INO3S. The lowest BCUT2D eigenvalue weighted by molar-refractivity contribution is -0.123. The van der Waals surface area contributed by atoms with Crippen molar-refractivity contribution in [3.8, 4) is 5.75 Å². The highest BCUT2D eigenvalue weighted by molar-refractivity contribution is 14.1. The maximum Gasteiger partial charge on any atom is 0.293 e. The van der Waals surface area contributed by atoms with Crippen LogP contribution in [0.25, 0.3) is 6.08 Å². The van der Waals surface area contributed by atoms with Crippen molar-refractivity contribution in [2.24, 2.45) is 5.92 Å². The smallest absolute Gasteiger partial charge is 0.293 e. The van der Waals surface area contributed by atoms with Crippen molar-refractivity contribution in [2.75, 3.05) is 6.54 Å². The summed E-state index contributed by atoms with van der Waals surface area (Å²) >= 11 is 3.05. The first-order valence-electron chi connectivity index (χ1n) is 7.78. The number of hydrogen-bond donors (Lipinski definition) is 1. The van der Waals surface area contributed by atoms with E-state index in [1.807, 2.05) is 22.6 Å². The molecule has 0 aromatic heterocycles. The number of hydrogen-bond acceptors (Lipinski definition) is 4. The van der Waals surface area contributed by atoms with E-state index in [9.17, 15) is 14.7 Å². The Kier molecular flexibility index (Phi) is 5.31. The number of amides is 2. The molecule has 0 spiro atoms. The Balaban J connectivity index is 1.74. The van der Waals surface area contributed by atoms with Crippen molar-refractivity contribution in [2.45, 2.75) is 32.1 Å². The van der Waals surface area contributed by atoms with Crippen LogP contribution in [0.5, 0.6) is 5.75 Å². The lowest BCUT2D eigenvalue weighted by Crippen LogP contribution is -2.34. The van der Waals surface area contributed by atoms with Gasteiger partial charge >= 0.3 is 0 Å². The Labute approximate surface area is 153 Å². The molecule has 6 heteroatoms. The molecule has 1 N–H and O–H groups in total. The van der Waals surface area contributed by atoms with Gasteiger partial charge in [0.2, 0.25) is 0 Å². The van der Waals surface area contributed by atoms with E-state index in [1.165, 1.54) is 24.2 Å². The van der Waals surface area contributed by atoms with Gasteiger partial charge in [0, 0.05) is 6.54 Å². The van der Waals surface area contributed by atoms with Gasteiger partial charge in [-0.3, -0.25) is 14.5 Å². The maximum atomic E-state index is 12.5. The van der Waals surface area contributed by atoms with Crippen molar-refractivity contribution in [3.05, 3.63) is 32.2 Å². The summed E-state index contributed by atoms with van der Waals surface area (Å²) < 4.78 is 0.720. The molecule has 4 nitrogen and oxygen atoms in total. The van der Waals surface area contributed by atoms with Crippen LogP contribution in [-0.2, 0) is 4.79 Å². The Bertz CT molecular complexity index is 668. The highest BCUT2D eigenvalue weighted by Gasteiger charge is 2.36. The summed E-state index contributed by atoms with van der Waals surface area (Å²) in [5, 5.41) is 9.39. The molecule has 1 saturated carbocycles. The van der Waals surface area contributed by atoms with Crippen LogP contribution in [0.1, 0.15) is 37.7 Å². The van der Waals surface area contributed by atoms with E-state index in [1.54, 1.807) is 24.3 Å². The molecule has 0 bridgehead atoms. The maximum absolute atomic E-state index is 12.5. The quantitative estimate of drug-likeness (QED) is 0.548. The first-order valence-corrected chi connectivity index (χ1v) is 9.68. The third-order valence-corrected chi connectivity index (χ3v) is 6.08. The summed E-state index contributed by atoms with van der Waals surface area (Å²) in [6, 6.07) is 5.14. The molecule has 1 aliphatic carbocycles. The van der Waals surface area contributed by atoms with Crippen LogP contribution in [0.4, 0.5) is 4.79 Å². The van der Waals surface area contributed by atoms with Crippen LogP contribution in [0.3, 0.4) is 0 Å². The number of phenolic OH excluding ortho intramolecular Hbond substituents is 1. The molecule has 0 radical (unpaired) electrons. The van der Waals surface area contributed by atoms with Crippen molar-refractivity contribution in [1.82, 2.24) is 4.90 Å². The summed E-state index contributed by atoms with van der Waals surface area (Å²) in [6.07, 6.45) is 7.60. The highest BCUT2D eigenvalue weighted by Crippen LogP contribution is 2.35. The van der Waals surface area contributed by atoms with Gasteiger partial charge in [0.05, 0.1) is 8.48 Å². The second-order valence-electron chi connectivity index (χ2n) is 6.01. The third kappa shape index (κ3) is 3.91. The van der Waals surface area contributed by atoms with E-state index in [2.05, 4.69) is 0 Å². The van der Waals surface area contributed by atoms with Gasteiger partial charge in [0.25, 0.3) is 11.1 Å². The summed E-state index contributed by atoms with van der Waals surface area (Å²) in [7, 11) is 0. The SMILES string of the molecule is O=C1SC(=Cc2ccc(O)c(I)c2)C(=O)N1CC1CCCCC1. The minimum atomic E-state index is -0.186. The van der Waals surface area contributed by atoms with Gasteiger partial charge in [-0.25, -0.2) is 0 Å². The second kappa shape index (κ2) is 7.25. The summed E-state index contributed by atoms with van der Waals surface area (Å²) in [4.78, 5) is 26.5. The molecule has 122 valence electrons. The van der Waals surface area contributed by atoms with Crippen LogP contribution in [0.2, 0.25) is 0 Å². The standard InChI is InChI=1S/C17H18INO3S/c18-13-8-12(6-7-14(13)20)9-15-16(21)19(17(22)23-15)10-11-4-2-1-3-5-11/h6-9,11,20H,1-5,10H2. The number of carbonyl (C=O) groups excluding carboxylic acids is 2. The van der Waals surface area contributed by atoms with Crippen LogP contribution in [-0.4, -0.2) is 27.7 Å². The van der Waals surface area contributed by atoms with E-state index in [0.29, 0.717) is 17.4 Å². The Morgan fingerprint density at radius 2 is 2.00 bits per heavy atom. The van der Waals surface area contributed by atoms with Crippen LogP contribution >= 0.6 is 34.4 Å². The highest BCUT2D eigenvalue weighted by atomic mass is 127. The summed E-state index contributed by atoms with van der Waals surface area (Å²) in [5.41, 5.74) is 0.815. The zero-order chi connectivity index (χ0) is 16.4. The average molecular weight is 443 g/mol. The first-order chi connectivity index (χ1) is 11.0. The van der Waals surface area contributed by atoms with Gasteiger partial charge in [-0.1, -0.05) is 25.3 Å². The first kappa shape index (κ1) is 16.8. The fourth-order valence-corrected chi connectivity index (χ4v) is 4.44. The molecule has 1 saturated heterocycles. The molecule has 2 amide bonds. The average Bonchev–Trinajstić information content (AvgIpc) is 2.80. The van der Waals surface area contributed by atoms with Crippen molar-refractivity contribution < 1.29 is 14.7 Å². The summed E-state index contributed by atoms with van der Waals surface area (Å²) in [6.45, 7) is 0.551. The molecule has 1 aromatic rings. The van der Waals surface area contributed by atoms with Crippen LogP contribution < -0.4 is 0 Å².